The Hall–Kier alpha value is -3.76. The summed E-state index contributed by atoms with van der Waals surface area (Å²) in [6.45, 7) is 5.21. The molecule has 7 heterocycles. The van der Waals surface area contributed by atoms with Crippen molar-refractivity contribution in [2.45, 2.75) is 75.3 Å². The van der Waals surface area contributed by atoms with Crippen LogP contribution in [0.2, 0.25) is 0 Å². The van der Waals surface area contributed by atoms with Crippen molar-refractivity contribution in [3.05, 3.63) is 42.0 Å². The van der Waals surface area contributed by atoms with E-state index in [1.165, 1.54) is 5.56 Å². The van der Waals surface area contributed by atoms with Crippen molar-refractivity contribution in [2.75, 3.05) is 37.7 Å². The maximum Gasteiger partial charge on any atom is 0.319 e. The van der Waals surface area contributed by atoms with E-state index in [2.05, 4.69) is 28.1 Å². The van der Waals surface area contributed by atoms with Crippen molar-refractivity contribution in [2.24, 2.45) is 0 Å². The molecular formula is C34H37FN6O3. The number of benzene rings is 2. The Labute approximate surface area is 255 Å². The van der Waals surface area contributed by atoms with E-state index >= 15 is 0 Å². The van der Waals surface area contributed by atoms with Gasteiger partial charge in [-0.2, -0.15) is 9.97 Å². The summed E-state index contributed by atoms with van der Waals surface area (Å²) in [7, 11) is 0. The van der Waals surface area contributed by atoms with Crippen LogP contribution in [0.1, 0.15) is 44.6 Å². The zero-order valence-corrected chi connectivity index (χ0v) is 24.9. The number of hydrogen-bond acceptors (Lipinski definition) is 9. The number of phenols is 1. The molecule has 2 aromatic carbocycles. The third-order valence-electron chi connectivity index (χ3n) is 10.8. The fraction of sp³-hybridized carbons (Fsp3) is 0.500. The van der Waals surface area contributed by atoms with E-state index in [0.29, 0.717) is 61.4 Å². The van der Waals surface area contributed by atoms with Crippen LogP contribution in [-0.2, 0) is 6.42 Å². The van der Waals surface area contributed by atoms with Gasteiger partial charge < -0.3 is 24.8 Å². The second kappa shape index (κ2) is 9.87. The quantitative estimate of drug-likeness (QED) is 0.338. The minimum absolute atomic E-state index is 0.108. The number of nitrogens with zero attached hydrogens (tertiary/aromatic N) is 5. The van der Waals surface area contributed by atoms with Crippen LogP contribution in [0.5, 0.6) is 17.6 Å². The van der Waals surface area contributed by atoms with Gasteiger partial charge in [0.2, 0.25) is 5.88 Å². The van der Waals surface area contributed by atoms with E-state index in [9.17, 15) is 9.50 Å². The van der Waals surface area contributed by atoms with Crippen molar-refractivity contribution in [1.29, 1.82) is 0 Å². The van der Waals surface area contributed by atoms with Gasteiger partial charge in [-0.15, -0.1) is 0 Å². The van der Waals surface area contributed by atoms with Crippen molar-refractivity contribution >= 4 is 27.5 Å². The van der Waals surface area contributed by atoms with Crippen LogP contribution in [-0.4, -0.2) is 87.6 Å². The summed E-state index contributed by atoms with van der Waals surface area (Å²) >= 11 is 0. The maximum absolute atomic E-state index is 14.5. The first-order chi connectivity index (χ1) is 21.5. The zero-order chi connectivity index (χ0) is 29.6. The van der Waals surface area contributed by atoms with Crippen molar-refractivity contribution in [3.63, 3.8) is 0 Å². The number of anilines is 1. The van der Waals surface area contributed by atoms with Crippen LogP contribution in [0.25, 0.3) is 32.9 Å². The third-order valence-corrected chi connectivity index (χ3v) is 10.8. The van der Waals surface area contributed by atoms with Crippen LogP contribution < -0.4 is 19.7 Å². The van der Waals surface area contributed by atoms with Crippen LogP contribution in [0.3, 0.4) is 0 Å². The van der Waals surface area contributed by atoms with Crippen molar-refractivity contribution < 1.29 is 19.0 Å². The van der Waals surface area contributed by atoms with E-state index in [1.807, 2.05) is 18.2 Å². The number of piperazine rings is 1. The van der Waals surface area contributed by atoms with Gasteiger partial charge in [0, 0.05) is 37.2 Å². The molecule has 2 bridgehead atoms. The molecule has 44 heavy (non-hydrogen) atoms. The van der Waals surface area contributed by atoms with Crippen molar-refractivity contribution in [1.82, 2.24) is 25.2 Å². The van der Waals surface area contributed by atoms with Gasteiger partial charge in [-0.1, -0.05) is 25.1 Å². The molecule has 0 aliphatic carbocycles. The van der Waals surface area contributed by atoms with E-state index in [4.69, 9.17) is 24.4 Å². The molecule has 2 N–H and O–H groups in total. The third kappa shape index (κ3) is 4.06. The van der Waals surface area contributed by atoms with Gasteiger partial charge >= 0.3 is 6.01 Å². The first-order valence-electron chi connectivity index (χ1n) is 16.1. The standard InChI is InChI=1S/C34H37FN6O3/c1-2-19-5-3-6-20-11-23(42)12-24(29(19)20)26-13-27-30-31(41-16-22-7-8-25(36-22)28(41)17-43-32(30)37-26)39-33(38-27)44-18-34-9-4-10-40(34)15-21(35)14-34/h3,5-6,11-13,21-22,25,28,36,42H,2,4,7-10,14-18H2,1H3/t21-,22-,25+,28-,34-/m1/s1. The number of nitrogens with one attached hydrogen (secondary N) is 1. The highest BCUT2D eigenvalue weighted by atomic mass is 19.1. The number of halogens is 1. The predicted octanol–water partition coefficient (Wildman–Crippen LogP) is 4.77. The molecule has 0 saturated carbocycles. The highest BCUT2D eigenvalue weighted by Gasteiger charge is 2.50. The highest BCUT2D eigenvalue weighted by Crippen LogP contribution is 2.44. The number of aryl methyl sites for hydroxylation is 1. The Morgan fingerprint density at radius 2 is 2.07 bits per heavy atom. The Morgan fingerprint density at radius 1 is 1.14 bits per heavy atom. The largest absolute Gasteiger partial charge is 0.508 e. The Morgan fingerprint density at radius 3 is 2.98 bits per heavy atom. The molecule has 2 aromatic heterocycles. The summed E-state index contributed by atoms with van der Waals surface area (Å²) < 4.78 is 27.5. The van der Waals surface area contributed by atoms with Crippen molar-refractivity contribution in [3.8, 4) is 28.9 Å². The number of fused-ring (bicyclic) bond motifs is 7. The molecule has 4 saturated heterocycles. The summed E-state index contributed by atoms with van der Waals surface area (Å²) in [5.74, 6) is 1.49. The lowest BCUT2D eigenvalue weighted by Gasteiger charge is -2.40. The minimum Gasteiger partial charge on any atom is -0.508 e. The van der Waals surface area contributed by atoms with E-state index in [0.717, 1.165) is 72.7 Å². The molecule has 9 nitrogen and oxygen atoms in total. The first-order valence-corrected chi connectivity index (χ1v) is 16.1. The molecule has 5 aliphatic heterocycles. The summed E-state index contributed by atoms with van der Waals surface area (Å²) in [6.07, 6.45) is 4.73. The fourth-order valence-electron chi connectivity index (χ4n) is 8.73. The van der Waals surface area contributed by atoms with Crippen LogP contribution in [0.15, 0.2) is 36.4 Å². The summed E-state index contributed by atoms with van der Waals surface area (Å²) in [6, 6.07) is 12.9. The molecule has 228 valence electrons. The summed E-state index contributed by atoms with van der Waals surface area (Å²) in [5.41, 5.74) is 3.10. The SMILES string of the molecule is CCc1cccc2cc(O)cc(-c3cc4nc(OC[C@]56CCCN5C[C@H](F)C6)nc5c4c(n3)OC[C@@H]3[C@@H]4CC[C@H](CN53)N4)c12. The summed E-state index contributed by atoms with van der Waals surface area (Å²) in [5, 5.41) is 17.3. The van der Waals surface area contributed by atoms with Gasteiger partial charge in [-0.05, 0) is 73.2 Å². The molecule has 5 atom stereocenters. The van der Waals surface area contributed by atoms with E-state index in [1.54, 1.807) is 12.1 Å². The number of hydrogen-bond donors (Lipinski definition) is 2. The average molecular weight is 597 g/mol. The molecule has 0 radical (unpaired) electrons. The predicted molar refractivity (Wildman–Crippen MR) is 166 cm³/mol. The molecular weight excluding hydrogens is 559 g/mol. The minimum atomic E-state index is -0.823. The molecule has 4 aromatic rings. The maximum atomic E-state index is 14.5. The number of alkyl halides is 1. The number of phenolic OH excluding ortho intramolecular Hbond substituents is 1. The van der Waals surface area contributed by atoms with Gasteiger partial charge in [-0.25, -0.2) is 9.37 Å². The summed E-state index contributed by atoms with van der Waals surface area (Å²) in [4.78, 5) is 19.7. The molecule has 10 heteroatoms. The average Bonchev–Trinajstić information content (AvgIpc) is 3.66. The lowest BCUT2D eigenvalue weighted by Crippen LogP contribution is -2.60. The first kappa shape index (κ1) is 26.6. The lowest BCUT2D eigenvalue weighted by molar-refractivity contribution is 0.107. The van der Waals surface area contributed by atoms with Gasteiger partial charge in [0.1, 0.15) is 36.3 Å². The van der Waals surface area contributed by atoms with Gasteiger partial charge in [0.25, 0.3) is 0 Å². The molecule has 0 spiro atoms. The smallest absolute Gasteiger partial charge is 0.319 e. The van der Waals surface area contributed by atoms with Crippen LogP contribution >= 0.6 is 0 Å². The Balaban J connectivity index is 1.21. The fourth-order valence-corrected chi connectivity index (χ4v) is 8.73. The lowest BCUT2D eigenvalue weighted by atomic mass is 9.95. The Bertz CT molecular complexity index is 1800. The molecule has 0 amide bonds. The molecule has 4 fully saturated rings. The molecule has 5 aliphatic rings. The number of rotatable bonds is 5. The second-order valence-corrected chi connectivity index (χ2v) is 13.3. The number of aromatic hydroxyl groups is 1. The Kier molecular flexibility index (Phi) is 5.97. The van der Waals surface area contributed by atoms with E-state index in [-0.39, 0.29) is 17.3 Å². The molecule has 9 rings (SSSR count). The zero-order valence-electron chi connectivity index (χ0n) is 24.9. The van der Waals surface area contributed by atoms with Crippen LogP contribution in [0, 0.1) is 0 Å². The number of ether oxygens (including phenoxy) is 2. The van der Waals surface area contributed by atoms with E-state index < -0.39 is 6.17 Å². The van der Waals surface area contributed by atoms with Gasteiger partial charge in [0.05, 0.1) is 22.8 Å². The van der Waals surface area contributed by atoms with Gasteiger partial charge in [0.15, 0.2) is 0 Å². The monoisotopic (exact) mass is 596 g/mol. The second-order valence-electron chi connectivity index (χ2n) is 13.3. The van der Waals surface area contributed by atoms with Gasteiger partial charge in [-0.3, -0.25) is 4.90 Å². The molecule has 0 unspecified atom stereocenters. The highest BCUT2D eigenvalue weighted by molar-refractivity contribution is 6.02. The topological polar surface area (TPSA) is 95.9 Å². The number of aromatic nitrogens is 3. The number of pyridine rings is 1. The normalized spacial score (nSPS) is 29.1. The van der Waals surface area contributed by atoms with Crippen LogP contribution in [0.4, 0.5) is 10.2 Å².